The lowest BCUT2D eigenvalue weighted by Gasteiger charge is -2.03. The molecule has 0 bridgehead atoms. The van der Waals surface area contributed by atoms with Crippen LogP contribution in [0.5, 0.6) is 5.75 Å². The quantitative estimate of drug-likeness (QED) is 0.517. The molecule has 0 unspecified atom stereocenters. The summed E-state index contributed by atoms with van der Waals surface area (Å²) >= 11 is 1.46. The maximum atomic E-state index is 5.73. The second-order valence-electron chi connectivity index (χ2n) is 5.06. The van der Waals surface area contributed by atoms with Gasteiger partial charge in [-0.05, 0) is 24.3 Å². The van der Waals surface area contributed by atoms with E-state index in [9.17, 15) is 0 Å². The lowest BCUT2D eigenvalue weighted by molar-refractivity contribution is 0.411. The zero-order valence-corrected chi connectivity index (χ0v) is 13.7. The van der Waals surface area contributed by atoms with Crippen LogP contribution in [0.25, 0.3) is 17.1 Å². The van der Waals surface area contributed by atoms with Gasteiger partial charge in [-0.3, -0.25) is 0 Å². The van der Waals surface area contributed by atoms with Gasteiger partial charge in [-0.15, -0.1) is 10.2 Å². The molecule has 1 aromatic carbocycles. The van der Waals surface area contributed by atoms with E-state index in [-0.39, 0.29) is 0 Å². The maximum absolute atomic E-state index is 5.73. The fourth-order valence-corrected chi connectivity index (χ4v) is 3.04. The van der Waals surface area contributed by atoms with E-state index in [0.29, 0.717) is 22.6 Å². The van der Waals surface area contributed by atoms with Crippen molar-refractivity contribution in [1.82, 2.24) is 19.6 Å². The molecule has 3 aromatic heterocycles. The Morgan fingerprint density at radius 3 is 2.88 bits per heavy atom. The van der Waals surface area contributed by atoms with Gasteiger partial charge in [-0.1, -0.05) is 30.0 Å². The van der Waals surface area contributed by atoms with Crippen molar-refractivity contribution in [1.29, 1.82) is 0 Å². The van der Waals surface area contributed by atoms with Crippen molar-refractivity contribution in [2.24, 2.45) is 0 Å². The van der Waals surface area contributed by atoms with Crippen LogP contribution in [-0.2, 0) is 5.75 Å². The fraction of sp³-hybridized carbons (Fsp3) is 0.118. The standard InChI is InChI=1S/C17H14N4O2S/c1-22-14-7-3-2-6-13(14)16-19-20-17(23-16)24-11-12-10-21-9-5-4-8-15(21)18-12/h2-10H,11H2,1H3. The molecule has 0 saturated heterocycles. The second kappa shape index (κ2) is 6.37. The molecule has 4 rings (SSSR count). The van der Waals surface area contributed by atoms with E-state index in [4.69, 9.17) is 9.15 Å². The number of ether oxygens (including phenoxy) is 1. The molecule has 6 nitrogen and oxygen atoms in total. The third-order valence-electron chi connectivity index (χ3n) is 3.50. The summed E-state index contributed by atoms with van der Waals surface area (Å²) in [4.78, 5) is 4.55. The average molecular weight is 338 g/mol. The van der Waals surface area contributed by atoms with Gasteiger partial charge in [0.25, 0.3) is 11.1 Å². The van der Waals surface area contributed by atoms with Gasteiger partial charge in [0.2, 0.25) is 0 Å². The Balaban J connectivity index is 1.51. The van der Waals surface area contributed by atoms with Crippen LogP contribution in [0.2, 0.25) is 0 Å². The first kappa shape index (κ1) is 14.8. The molecule has 0 aliphatic heterocycles. The molecular weight excluding hydrogens is 324 g/mol. The third kappa shape index (κ3) is 2.85. The van der Waals surface area contributed by atoms with E-state index in [1.54, 1.807) is 7.11 Å². The van der Waals surface area contributed by atoms with E-state index in [1.165, 1.54) is 11.8 Å². The van der Waals surface area contributed by atoms with Crippen molar-refractivity contribution >= 4 is 17.4 Å². The largest absolute Gasteiger partial charge is 0.496 e. The van der Waals surface area contributed by atoms with E-state index >= 15 is 0 Å². The smallest absolute Gasteiger partial charge is 0.277 e. The molecule has 0 N–H and O–H groups in total. The van der Waals surface area contributed by atoms with Crippen molar-refractivity contribution in [3.05, 3.63) is 60.6 Å². The zero-order chi connectivity index (χ0) is 16.4. The van der Waals surface area contributed by atoms with Crippen molar-refractivity contribution in [3.63, 3.8) is 0 Å². The summed E-state index contributed by atoms with van der Waals surface area (Å²) in [5, 5.41) is 8.71. The predicted molar refractivity (Wildman–Crippen MR) is 91.0 cm³/mol. The summed E-state index contributed by atoms with van der Waals surface area (Å²) < 4.78 is 13.0. The minimum atomic E-state index is 0.449. The number of rotatable bonds is 5. The lowest BCUT2D eigenvalue weighted by atomic mass is 10.2. The van der Waals surface area contributed by atoms with Crippen molar-refractivity contribution in [2.75, 3.05) is 7.11 Å². The van der Waals surface area contributed by atoms with Gasteiger partial charge in [-0.2, -0.15) is 0 Å². The van der Waals surface area contributed by atoms with Crippen LogP contribution in [0.3, 0.4) is 0 Å². The van der Waals surface area contributed by atoms with Crippen LogP contribution in [0.1, 0.15) is 5.69 Å². The van der Waals surface area contributed by atoms with Crippen LogP contribution in [-0.4, -0.2) is 26.7 Å². The monoisotopic (exact) mass is 338 g/mol. The van der Waals surface area contributed by atoms with Gasteiger partial charge >= 0.3 is 0 Å². The Bertz CT molecular complexity index is 946. The Labute approximate surface area is 142 Å². The molecule has 3 heterocycles. The molecule has 120 valence electrons. The highest BCUT2D eigenvalue weighted by atomic mass is 32.2. The van der Waals surface area contributed by atoms with Crippen LogP contribution in [0.4, 0.5) is 0 Å². The summed E-state index contributed by atoms with van der Waals surface area (Å²) in [7, 11) is 1.62. The molecule has 0 amide bonds. The first-order valence-electron chi connectivity index (χ1n) is 7.36. The SMILES string of the molecule is COc1ccccc1-c1nnc(SCc2cn3ccccc3n2)o1. The number of fused-ring (bicyclic) bond motifs is 1. The number of methoxy groups -OCH3 is 1. The highest BCUT2D eigenvalue weighted by Gasteiger charge is 2.13. The first-order valence-corrected chi connectivity index (χ1v) is 8.34. The van der Waals surface area contributed by atoms with Gasteiger partial charge in [-0.25, -0.2) is 4.98 Å². The number of para-hydroxylation sites is 1. The van der Waals surface area contributed by atoms with E-state index in [2.05, 4.69) is 15.2 Å². The van der Waals surface area contributed by atoms with Gasteiger partial charge < -0.3 is 13.6 Å². The van der Waals surface area contributed by atoms with E-state index in [1.807, 2.05) is 59.3 Å². The second-order valence-corrected chi connectivity index (χ2v) is 5.99. The Morgan fingerprint density at radius 1 is 1.12 bits per heavy atom. The van der Waals surface area contributed by atoms with Gasteiger partial charge in [0.1, 0.15) is 11.4 Å². The van der Waals surface area contributed by atoms with Gasteiger partial charge in [0.15, 0.2) is 0 Å². The molecule has 0 fully saturated rings. The molecule has 0 atom stereocenters. The first-order chi connectivity index (χ1) is 11.8. The van der Waals surface area contributed by atoms with Crippen molar-refractivity contribution in [3.8, 4) is 17.2 Å². The minimum absolute atomic E-state index is 0.449. The molecule has 4 aromatic rings. The summed E-state index contributed by atoms with van der Waals surface area (Å²) in [6, 6.07) is 13.5. The predicted octanol–water partition coefficient (Wildman–Crippen LogP) is 3.69. The van der Waals surface area contributed by atoms with Crippen molar-refractivity contribution < 1.29 is 9.15 Å². The van der Waals surface area contributed by atoms with E-state index in [0.717, 1.165) is 16.9 Å². The molecule has 7 heteroatoms. The van der Waals surface area contributed by atoms with Crippen LogP contribution in [0, 0.1) is 0 Å². The summed E-state index contributed by atoms with van der Waals surface area (Å²) in [5.41, 5.74) is 2.67. The number of nitrogens with zero attached hydrogens (tertiary/aromatic N) is 4. The summed E-state index contributed by atoms with van der Waals surface area (Å²) in [6.45, 7) is 0. The maximum Gasteiger partial charge on any atom is 0.277 e. The number of pyridine rings is 1. The Kier molecular flexibility index (Phi) is 3.92. The summed E-state index contributed by atoms with van der Waals surface area (Å²) in [5.74, 6) is 1.82. The number of benzene rings is 1. The highest BCUT2D eigenvalue weighted by Crippen LogP contribution is 2.31. The Hall–Kier alpha value is -2.80. The topological polar surface area (TPSA) is 65.5 Å². The molecular formula is C17H14N4O2S. The number of aromatic nitrogens is 4. The molecule has 0 aliphatic carbocycles. The van der Waals surface area contributed by atoms with Gasteiger partial charge in [0, 0.05) is 18.1 Å². The molecule has 0 spiro atoms. The van der Waals surface area contributed by atoms with Gasteiger partial charge in [0.05, 0.1) is 18.4 Å². The minimum Gasteiger partial charge on any atom is -0.496 e. The fourth-order valence-electron chi connectivity index (χ4n) is 2.39. The number of hydrogen-bond donors (Lipinski definition) is 0. The molecule has 0 aliphatic rings. The molecule has 0 radical (unpaired) electrons. The zero-order valence-electron chi connectivity index (χ0n) is 12.9. The normalized spacial score (nSPS) is 11.0. The average Bonchev–Trinajstić information content (AvgIpc) is 3.26. The van der Waals surface area contributed by atoms with Crippen LogP contribution in [0.15, 0.2) is 64.5 Å². The van der Waals surface area contributed by atoms with Crippen LogP contribution < -0.4 is 4.74 Å². The lowest BCUT2D eigenvalue weighted by Crippen LogP contribution is -1.87. The Morgan fingerprint density at radius 2 is 2.00 bits per heavy atom. The van der Waals surface area contributed by atoms with E-state index < -0.39 is 0 Å². The van der Waals surface area contributed by atoms with Crippen LogP contribution >= 0.6 is 11.8 Å². The molecule has 0 saturated carbocycles. The van der Waals surface area contributed by atoms with Crippen molar-refractivity contribution in [2.45, 2.75) is 11.0 Å². The highest BCUT2D eigenvalue weighted by molar-refractivity contribution is 7.98. The number of hydrogen-bond acceptors (Lipinski definition) is 6. The summed E-state index contributed by atoms with van der Waals surface area (Å²) in [6.07, 6.45) is 3.98. The number of imidazole rings is 1. The third-order valence-corrected chi connectivity index (χ3v) is 4.35. The molecule has 24 heavy (non-hydrogen) atoms. The number of thioether (sulfide) groups is 1.